The molecule has 1 atom stereocenters. The van der Waals surface area contributed by atoms with Gasteiger partial charge in [-0.15, -0.1) is 0 Å². The lowest BCUT2D eigenvalue weighted by atomic mass is 9.78. The summed E-state index contributed by atoms with van der Waals surface area (Å²) in [5.74, 6) is 0.945. The van der Waals surface area contributed by atoms with Gasteiger partial charge in [-0.25, -0.2) is 19.6 Å². The first-order chi connectivity index (χ1) is 71.3. The van der Waals surface area contributed by atoms with Crippen molar-refractivity contribution in [3.05, 3.63) is 443 Å². The van der Waals surface area contributed by atoms with Crippen molar-refractivity contribution in [1.82, 2.24) is 9.80 Å². The summed E-state index contributed by atoms with van der Waals surface area (Å²) in [5.41, 5.74) is 15.7. The van der Waals surface area contributed by atoms with Crippen LogP contribution in [0.15, 0.2) is 315 Å². The molecule has 15 aromatic rings. The molecule has 0 spiro atoms. The Labute approximate surface area is 862 Å². The average molecular weight is 1980 g/mol. The number of carbonyl (C=O) groups excluding carboxylic acids is 12. The van der Waals surface area contributed by atoms with E-state index in [4.69, 9.17) is 28.4 Å². The van der Waals surface area contributed by atoms with Crippen molar-refractivity contribution in [3.8, 4) is 63.2 Å². The molecule has 6 aliphatic rings. The van der Waals surface area contributed by atoms with Gasteiger partial charge < -0.3 is 28.4 Å². The van der Waals surface area contributed by atoms with E-state index < -0.39 is 29.0 Å². The number of imide groups is 6. The predicted octanol–water partition coefficient (Wildman–Crippen LogP) is 26.3. The molecule has 6 aliphatic heterocycles. The number of anilines is 4. The van der Waals surface area contributed by atoms with Gasteiger partial charge in [0.25, 0.3) is 70.9 Å². The minimum Gasteiger partial charge on any atom is -0.497 e. The second-order valence-corrected chi connectivity index (χ2v) is 40.2. The molecule has 24 nitrogen and oxygen atoms in total. The highest BCUT2D eigenvalue weighted by Crippen LogP contribution is 2.45. The first-order valence-corrected chi connectivity index (χ1v) is 49.1. The third-order valence-electron chi connectivity index (χ3n) is 28.2. The zero-order valence-electron chi connectivity index (χ0n) is 85.0. The summed E-state index contributed by atoms with van der Waals surface area (Å²) in [6.45, 7) is 28.8. The zero-order chi connectivity index (χ0) is 105. The van der Waals surface area contributed by atoms with Gasteiger partial charge in [0.2, 0.25) is 0 Å². The Morgan fingerprint density at radius 2 is 0.490 bits per heavy atom. The predicted molar refractivity (Wildman–Crippen MR) is 569 cm³/mol. The highest BCUT2D eigenvalue weighted by atomic mass is 16.5. The topological polar surface area (TPSA) is 280 Å². The number of rotatable bonds is 25. The molecule has 0 aliphatic carbocycles. The second kappa shape index (κ2) is 39.8. The minimum atomic E-state index is -0.579. The lowest BCUT2D eigenvalue weighted by molar-refractivity contribution is 0.0626. The van der Waals surface area contributed by atoms with Crippen LogP contribution in [0.3, 0.4) is 0 Å². The van der Waals surface area contributed by atoms with Crippen molar-refractivity contribution >= 4 is 93.6 Å². The average Bonchev–Trinajstić information content (AvgIpc) is 1.61. The van der Waals surface area contributed by atoms with E-state index in [9.17, 15) is 57.5 Å². The third-order valence-corrected chi connectivity index (χ3v) is 28.2. The van der Waals surface area contributed by atoms with Crippen molar-refractivity contribution in [3.63, 3.8) is 0 Å². The van der Waals surface area contributed by atoms with Gasteiger partial charge >= 0.3 is 0 Å². The Bertz CT molecular complexity index is 8020. The maximum absolute atomic E-state index is 14.0. The summed E-state index contributed by atoms with van der Waals surface area (Å²) in [7, 11) is 1.65. The van der Waals surface area contributed by atoms with Crippen LogP contribution < -0.4 is 48.0 Å². The summed E-state index contributed by atoms with van der Waals surface area (Å²) in [6.07, 6.45) is 1.12. The van der Waals surface area contributed by atoms with Crippen LogP contribution >= 0.6 is 0 Å². The van der Waals surface area contributed by atoms with E-state index in [2.05, 4.69) is 60.6 Å². The summed E-state index contributed by atoms with van der Waals surface area (Å²) in [5, 5.41) is 0. The normalized spacial score (nSPS) is 14.2. The van der Waals surface area contributed by atoms with E-state index in [1.54, 1.807) is 122 Å². The molecule has 6 heterocycles. The number of para-hydroxylation sites is 2. The number of ether oxygens (including phenoxy) is 6. The summed E-state index contributed by atoms with van der Waals surface area (Å²) in [4.78, 5) is 168. The molecule has 0 radical (unpaired) electrons. The number of carbonyl (C=O) groups is 12. The number of methoxy groups -OCH3 is 1. The monoisotopic (exact) mass is 1980 g/mol. The quantitative estimate of drug-likeness (QED) is 0.0481. The summed E-state index contributed by atoms with van der Waals surface area (Å²) >= 11 is 0. The first kappa shape index (κ1) is 99.7. The van der Waals surface area contributed by atoms with E-state index in [0.717, 1.165) is 76.7 Å². The number of aryl methyl sites for hydroxylation is 6. The number of hydrogen-bond donors (Lipinski definition) is 0. The molecular formula is C125H106N6O18. The Morgan fingerprint density at radius 1 is 0.242 bits per heavy atom. The minimum absolute atomic E-state index is 0.0265. The van der Waals surface area contributed by atoms with Crippen molar-refractivity contribution < 1.29 is 86.0 Å². The van der Waals surface area contributed by atoms with Crippen LogP contribution in [0.4, 0.5) is 22.7 Å². The molecule has 0 N–H and O–H groups in total. The molecule has 21 rings (SSSR count). The van der Waals surface area contributed by atoms with E-state index in [0.29, 0.717) is 126 Å². The summed E-state index contributed by atoms with van der Waals surface area (Å²) < 4.78 is 35.8. The molecule has 1 unspecified atom stereocenters. The van der Waals surface area contributed by atoms with Crippen molar-refractivity contribution in [2.75, 3.05) is 39.8 Å². The van der Waals surface area contributed by atoms with Crippen LogP contribution in [0.1, 0.15) is 254 Å². The fourth-order valence-corrected chi connectivity index (χ4v) is 19.7. The fraction of sp³-hybridized carbons (Fsp3) is 0.184. The fourth-order valence-electron chi connectivity index (χ4n) is 19.7. The molecule has 0 saturated carbocycles. The van der Waals surface area contributed by atoms with Crippen LogP contribution in [-0.4, -0.2) is 101 Å². The highest BCUT2D eigenvalue weighted by molar-refractivity contribution is 6.38. The van der Waals surface area contributed by atoms with Crippen LogP contribution in [0, 0.1) is 47.5 Å². The molecule has 149 heavy (non-hydrogen) atoms. The molecule has 24 heteroatoms. The SMILES string of the molecule is COc1ccc(C(C)(C)c2ccc(Oc3ccc4c(c3)C(=O)N(CCCC(C)CN3C(=O)c5ccc(Oc6ccc(C)cc6)cc5C3=O)C4=O)cc2)cc1.Cc1ccc2c(c1)C(=O)N(c1c(C)cccc1C)C2=O.Cc1cccc(C)c1N1C(=O)c2ccc(Oc3ccc(C(C)(C)c4ccc(Oc5ccc6c(c5)C(=O)N(c5cccc(N7C(=O)c8ccc(Oc9ccc(C(C)(C)C)cc9)cc8C7=O)c5)C6=O)cc4)cc3)cc2C1=O. The largest absolute Gasteiger partial charge is 0.497 e. The Hall–Kier alpha value is -18.1. The number of hydrogen-bond acceptors (Lipinski definition) is 18. The smallest absolute Gasteiger partial charge is 0.266 e. The Kier molecular flexibility index (Phi) is 26.6. The maximum Gasteiger partial charge on any atom is 0.266 e. The standard InChI is InChI=1S/C63H49N3O9.C45H42N2O7.C17H15NO2/c1-36-10-8-11-37(2)55(36)66-58(69)51-31-28-48(35-54(51)61(66)72)75-45-24-18-40(19-25-45)63(6,7)39-16-22-44(23-17-39)74-47-27-30-50-53(34-47)60(71)65(57(50)68)42-13-9-12-41(32-42)64-56(67)49-29-26-46(33-52(49)59(64)70)73-43-20-14-38(15-21-43)62(3,4)5;1-28-8-14-33(15-9-28)53-36-21-23-38-40(26-36)44(51)47(42(38)49)27-29(2)7-6-24-46-41(48)37-22-20-35(25-39(37)43(46)50)54-34-18-12-31(13-19-34)45(3,4)30-10-16-32(52-5)17-11-30;1-10-7-8-13-14(9-10)17(20)18(16(13)19)15-11(2)5-4-6-12(15)3/h8-35H,1-7H3;8-23,25-26,29H,6-7,24,27H2,1-5H3;4-9H,1-3H3. The highest BCUT2D eigenvalue weighted by Gasteiger charge is 2.45. The van der Waals surface area contributed by atoms with E-state index >= 15 is 0 Å². The zero-order valence-corrected chi connectivity index (χ0v) is 85.0. The van der Waals surface area contributed by atoms with Crippen molar-refractivity contribution in [2.45, 2.75) is 126 Å². The lowest BCUT2D eigenvalue weighted by Crippen LogP contribution is -2.34. The van der Waals surface area contributed by atoms with Crippen LogP contribution in [0.5, 0.6) is 63.2 Å². The second-order valence-electron chi connectivity index (χ2n) is 40.2. The number of nitrogens with zero attached hydrogens (tertiary/aromatic N) is 6. The van der Waals surface area contributed by atoms with Gasteiger partial charge in [0.05, 0.1) is 96.6 Å². The van der Waals surface area contributed by atoms with E-state index in [1.807, 2.05) is 224 Å². The third kappa shape index (κ3) is 19.3. The van der Waals surface area contributed by atoms with Gasteiger partial charge in [0.15, 0.2) is 0 Å². The molecule has 12 amide bonds. The van der Waals surface area contributed by atoms with Gasteiger partial charge in [-0.3, -0.25) is 67.3 Å². The lowest BCUT2D eigenvalue weighted by Gasteiger charge is -2.26. The van der Waals surface area contributed by atoms with E-state index in [-0.39, 0.29) is 111 Å². The number of benzene rings is 15. The number of fused-ring (bicyclic) bond motifs is 6. The van der Waals surface area contributed by atoms with Gasteiger partial charge in [0, 0.05) is 23.9 Å². The van der Waals surface area contributed by atoms with Crippen molar-refractivity contribution in [1.29, 1.82) is 0 Å². The molecule has 0 fully saturated rings. The van der Waals surface area contributed by atoms with Crippen LogP contribution in [-0.2, 0) is 16.2 Å². The Balaban J connectivity index is 0.000000163. The van der Waals surface area contributed by atoms with Crippen LogP contribution in [0.25, 0.3) is 0 Å². The van der Waals surface area contributed by atoms with Gasteiger partial charge in [-0.2, -0.15) is 0 Å². The summed E-state index contributed by atoms with van der Waals surface area (Å²) in [6, 6.07) is 93.8. The van der Waals surface area contributed by atoms with Crippen LogP contribution in [0.2, 0.25) is 0 Å². The van der Waals surface area contributed by atoms with Crippen molar-refractivity contribution in [2.24, 2.45) is 5.92 Å². The maximum atomic E-state index is 14.0. The number of amides is 12. The molecule has 0 bridgehead atoms. The first-order valence-electron chi connectivity index (χ1n) is 49.1. The van der Waals surface area contributed by atoms with Gasteiger partial charge in [0.1, 0.15) is 63.2 Å². The molecule has 0 saturated heterocycles. The van der Waals surface area contributed by atoms with E-state index in [1.165, 1.54) is 31.7 Å². The molecule has 744 valence electrons. The van der Waals surface area contributed by atoms with Gasteiger partial charge in [-0.1, -0.05) is 188 Å². The molecular weight excluding hydrogens is 1870 g/mol. The van der Waals surface area contributed by atoms with Gasteiger partial charge in [-0.05, 0) is 310 Å². The molecule has 0 aromatic heterocycles. The molecule has 15 aromatic carbocycles. The Morgan fingerprint density at radius 3 is 0.832 bits per heavy atom.